The minimum absolute atomic E-state index is 0.00661. The number of rotatable bonds is 4. The summed E-state index contributed by atoms with van der Waals surface area (Å²) in [6, 6.07) is 1.46. The number of amides is 2. The van der Waals surface area contributed by atoms with E-state index in [0.717, 1.165) is 4.90 Å². The van der Waals surface area contributed by atoms with E-state index < -0.39 is 30.1 Å². The summed E-state index contributed by atoms with van der Waals surface area (Å²) in [5.41, 5.74) is 0. The molecular formula is C13H16N2O5S. The number of nitrogens with zero attached hydrogens (tertiary/aromatic N) is 1. The lowest BCUT2D eigenvalue weighted by molar-refractivity contribution is -0.148. The van der Waals surface area contributed by atoms with Crippen LogP contribution in [0.15, 0.2) is 17.5 Å². The number of thiophene rings is 1. The van der Waals surface area contributed by atoms with Gasteiger partial charge in [-0.15, -0.1) is 11.3 Å². The predicted molar refractivity (Wildman–Crippen MR) is 75.0 cm³/mol. The molecule has 0 aromatic carbocycles. The number of β-amino-alcohol motifs (C(OH)–C–C–N with tert-alkyl or cyclic N) is 1. The first-order valence-electron chi connectivity index (χ1n) is 6.46. The highest BCUT2D eigenvalue weighted by Crippen LogP contribution is 2.19. The molecule has 3 unspecified atom stereocenters. The zero-order valence-corrected chi connectivity index (χ0v) is 12.2. The number of aliphatic carboxylic acids is 1. The Kier molecular flexibility index (Phi) is 4.59. The summed E-state index contributed by atoms with van der Waals surface area (Å²) in [6.07, 6.45) is -0.845. The molecule has 21 heavy (non-hydrogen) atoms. The van der Waals surface area contributed by atoms with E-state index in [1.807, 2.05) is 0 Å². The summed E-state index contributed by atoms with van der Waals surface area (Å²) in [5, 5.41) is 22.9. The quantitative estimate of drug-likeness (QED) is 0.720. The average Bonchev–Trinajstić information content (AvgIpc) is 3.06. The van der Waals surface area contributed by atoms with Gasteiger partial charge in [0.05, 0.1) is 11.0 Å². The highest BCUT2D eigenvalue weighted by atomic mass is 32.1. The van der Waals surface area contributed by atoms with Crippen molar-refractivity contribution in [2.45, 2.75) is 31.5 Å². The molecule has 0 bridgehead atoms. The Bertz CT molecular complexity index is 545. The molecule has 2 heterocycles. The number of hydrogen-bond acceptors (Lipinski definition) is 5. The van der Waals surface area contributed by atoms with Gasteiger partial charge >= 0.3 is 5.97 Å². The minimum Gasteiger partial charge on any atom is -0.480 e. The standard InChI is InChI=1S/C13H16N2O5S/c1-7(14-11(17)10-3-2-4-21-10)12(18)15-6-8(16)5-9(15)13(19)20/h2-4,7-9,16H,5-6H2,1H3,(H,14,17)(H,19,20). The summed E-state index contributed by atoms with van der Waals surface area (Å²) >= 11 is 1.25. The van der Waals surface area contributed by atoms with Gasteiger partial charge in [0.2, 0.25) is 5.91 Å². The van der Waals surface area contributed by atoms with Crippen LogP contribution in [0.3, 0.4) is 0 Å². The molecule has 2 rings (SSSR count). The van der Waals surface area contributed by atoms with Crippen molar-refractivity contribution in [1.29, 1.82) is 0 Å². The van der Waals surface area contributed by atoms with Crippen LogP contribution in [0.4, 0.5) is 0 Å². The van der Waals surface area contributed by atoms with E-state index in [1.165, 1.54) is 18.3 Å². The van der Waals surface area contributed by atoms with E-state index in [9.17, 15) is 19.5 Å². The van der Waals surface area contributed by atoms with E-state index >= 15 is 0 Å². The Morgan fingerprint density at radius 1 is 1.48 bits per heavy atom. The zero-order valence-electron chi connectivity index (χ0n) is 11.4. The third-order valence-electron chi connectivity index (χ3n) is 3.31. The maximum absolute atomic E-state index is 12.3. The van der Waals surface area contributed by atoms with Gasteiger partial charge in [0.25, 0.3) is 5.91 Å². The molecule has 0 saturated carbocycles. The average molecular weight is 312 g/mol. The normalized spacial score (nSPS) is 22.9. The van der Waals surface area contributed by atoms with Gasteiger partial charge < -0.3 is 20.4 Å². The maximum Gasteiger partial charge on any atom is 0.326 e. The first kappa shape index (κ1) is 15.5. The van der Waals surface area contributed by atoms with Crippen molar-refractivity contribution in [1.82, 2.24) is 10.2 Å². The van der Waals surface area contributed by atoms with E-state index in [0.29, 0.717) is 4.88 Å². The Morgan fingerprint density at radius 2 is 2.19 bits per heavy atom. The van der Waals surface area contributed by atoms with Crippen molar-refractivity contribution < 1.29 is 24.6 Å². The number of carboxylic acids is 1. The van der Waals surface area contributed by atoms with Crippen molar-refractivity contribution in [2.24, 2.45) is 0 Å². The SMILES string of the molecule is CC(NC(=O)c1cccs1)C(=O)N1CC(O)CC1C(=O)O. The van der Waals surface area contributed by atoms with Crippen LogP contribution in [0.25, 0.3) is 0 Å². The number of carbonyl (C=O) groups excluding carboxylic acids is 2. The minimum atomic E-state index is -1.16. The number of nitrogens with one attached hydrogen (secondary N) is 1. The molecule has 0 spiro atoms. The van der Waals surface area contributed by atoms with Crippen molar-refractivity contribution in [3.8, 4) is 0 Å². The van der Waals surface area contributed by atoms with Crippen LogP contribution in [0, 0.1) is 0 Å². The molecule has 1 aromatic rings. The van der Waals surface area contributed by atoms with Crippen LogP contribution in [-0.4, -0.2) is 57.6 Å². The lowest BCUT2D eigenvalue weighted by Gasteiger charge is -2.25. The fourth-order valence-corrected chi connectivity index (χ4v) is 2.90. The molecule has 8 heteroatoms. The number of aliphatic hydroxyl groups excluding tert-OH is 1. The van der Waals surface area contributed by atoms with E-state index in [1.54, 1.807) is 17.5 Å². The van der Waals surface area contributed by atoms with E-state index in [4.69, 9.17) is 5.11 Å². The van der Waals surface area contributed by atoms with Gasteiger partial charge in [-0.1, -0.05) is 6.07 Å². The molecule has 0 radical (unpaired) electrons. The third-order valence-corrected chi connectivity index (χ3v) is 4.18. The number of likely N-dealkylation sites (tertiary alicyclic amines) is 1. The Balaban J connectivity index is 2.02. The van der Waals surface area contributed by atoms with Crippen LogP contribution in [-0.2, 0) is 9.59 Å². The predicted octanol–water partition coefficient (Wildman–Crippen LogP) is -0.0872. The molecule has 1 saturated heterocycles. The highest BCUT2D eigenvalue weighted by Gasteiger charge is 2.40. The second kappa shape index (κ2) is 6.23. The van der Waals surface area contributed by atoms with Crippen LogP contribution >= 0.6 is 11.3 Å². The van der Waals surface area contributed by atoms with Crippen LogP contribution in [0.5, 0.6) is 0 Å². The Morgan fingerprint density at radius 3 is 2.76 bits per heavy atom. The Hall–Kier alpha value is -1.93. The van der Waals surface area contributed by atoms with Gasteiger partial charge in [-0.25, -0.2) is 4.79 Å². The topological polar surface area (TPSA) is 107 Å². The van der Waals surface area contributed by atoms with Crippen LogP contribution < -0.4 is 5.32 Å². The summed E-state index contributed by atoms with van der Waals surface area (Å²) in [4.78, 5) is 36.8. The van der Waals surface area contributed by atoms with Crippen molar-refractivity contribution >= 4 is 29.1 Å². The number of hydrogen-bond donors (Lipinski definition) is 3. The molecule has 3 N–H and O–H groups in total. The second-order valence-electron chi connectivity index (χ2n) is 4.91. The van der Waals surface area contributed by atoms with Crippen molar-refractivity contribution in [3.05, 3.63) is 22.4 Å². The van der Waals surface area contributed by atoms with Gasteiger partial charge in [-0.3, -0.25) is 9.59 Å². The fourth-order valence-electron chi connectivity index (χ4n) is 2.28. The molecule has 1 aliphatic heterocycles. The summed E-state index contributed by atoms with van der Waals surface area (Å²) < 4.78 is 0. The largest absolute Gasteiger partial charge is 0.480 e. The number of carbonyl (C=O) groups is 3. The molecule has 7 nitrogen and oxygen atoms in total. The van der Waals surface area contributed by atoms with Crippen LogP contribution in [0.1, 0.15) is 23.0 Å². The fraction of sp³-hybridized carbons (Fsp3) is 0.462. The molecule has 1 aromatic heterocycles. The maximum atomic E-state index is 12.3. The Labute approximate surface area is 125 Å². The summed E-state index contributed by atoms with van der Waals surface area (Å²) in [7, 11) is 0. The van der Waals surface area contributed by atoms with Gasteiger partial charge in [0, 0.05) is 13.0 Å². The molecule has 1 fully saturated rings. The smallest absolute Gasteiger partial charge is 0.326 e. The van der Waals surface area contributed by atoms with Crippen LogP contribution in [0.2, 0.25) is 0 Å². The molecule has 114 valence electrons. The molecule has 3 atom stereocenters. The van der Waals surface area contributed by atoms with Crippen molar-refractivity contribution in [3.63, 3.8) is 0 Å². The molecule has 0 aliphatic carbocycles. The van der Waals surface area contributed by atoms with Gasteiger partial charge in [-0.2, -0.15) is 0 Å². The lowest BCUT2D eigenvalue weighted by Crippen LogP contribution is -2.50. The monoisotopic (exact) mass is 312 g/mol. The third kappa shape index (κ3) is 3.40. The van der Waals surface area contributed by atoms with Crippen molar-refractivity contribution in [2.75, 3.05) is 6.54 Å². The van der Waals surface area contributed by atoms with E-state index in [2.05, 4.69) is 5.32 Å². The summed E-state index contributed by atoms with van der Waals surface area (Å²) in [5.74, 6) is -2.04. The number of carboxylic acid groups (broad SMARTS) is 1. The molecule has 2 amide bonds. The zero-order chi connectivity index (χ0) is 15.6. The van der Waals surface area contributed by atoms with Gasteiger partial charge in [0.15, 0.2) is 0 Å². The second-order valence-corrected chi connectivity index (χ2v) is 5.85. The molecule has 1 aliphatic rings. The van der Waals surface area contributed by atoms with E-state index in [-0.39, 0.29) is 18.9 Å². The number of aliphatic hydroxyl groups is 1. The van der Waals surface area contributed by atoms with Gasteiger partial charge in [-0.05, 0) is 18.4 Å². The summed E-state index contributed by atoms with van der Waals surface area (Å²) in [6.45, 7) is 1.46. The first-order valence-corrected chi connectivity index (χ1v) is 7.34. The lowest BCUT2D eigenvalue weighted by atomic mass is 10.2. The highest BCUT2D eigenvalue weighted by molar-refractivity contribution is 7.12. The molecular weight excluding hydrogens is 296 g/mol. The first-order chi connectivity index (χ1) is 9.90. The van der Waals surface area contributed by atoms with Gasteiger partial charge in [0.1, 0.15) is 12.1 Å².